The van der Waals surface area contributed by atoms with Crippen molar-refractivity contribution < 1.29 is 4.39 Å². The molecule has 3 aromatic carbocycles. The van der Waals surface area contributed by atoms with Crippen LogP contribution in [0.5, 0.6) is 0 Å². The van der Waals surface area contributed by atoms with Crippen LogP contribution in [0.25, 0.3) is 34.1 Å². The van der Waals surface area contributed by atoms with Gasteiger partial charge in [-0.05, 0) is 39.8 Å². The molecule has 90 valence electrons. The fraction of sp³-hybridized carbons (Fsp3) is 0. The molecule has 0 fully saturated rings. The van der Waals surface area contributed by atoms with Crippen molar-refractivity contribution in [3.05, 3.63) is 71.5 Å². The first-order chi connectivity index (χ1) is 9.33. The van der Waals surface area contributed by atoms with Crippen LogP contribution in [0, 0.1) is 5.82 Å². The normalized spacial score (nSPS) is 12.3. The topological polar surface area (TPSA) is 0 Å². The second-order valence-electron chi connectivity index (χ2n) is 4.82. The zero-order chi connectivity index (χ0) is 12.8. The molecule has 0 unspecified atom stereocenters. The van der Waals surface area contributed by atoms with Crippen LogP contribution < -0.4 is 0 Å². The number of rotatable bonds is 1. The van der Waals surface area contributed by atoms with E-state index in [1.54, 1.807) is 6.07 Å². The first-order valence-electron chi connectivity index (χ1n) is 6.33. The van der Waals surface area contributed by atoms with E-state index in [1.165, 1.54) is 11.1 Å². The van der Waals surface area contributed by atoms with Gasteiger partial charge >= 0.3 is 0 Å². The number of benzene rings is 3. The van der Waals surface area contributed by atoms with E-state index in [-0.39, 0.29) is 5.82 Å². The largest absolute Gasteiger partial charge is 0.206 e. The van der Waals surface area contributed by atoms with Crippen molar-refractivity contribution in [2.45, 2.75) is 0 Å². The summed E-state index contributed by atoms with van der Waals surface area (Å²) >= 11 is 0. The lowest BCUT2D eigenvalue weighted by Gasteiger charge is -2.13. The van der Waals surface area contributed by atoms with Gasteiger partial charge in [-0.2, -0.15) is 0 Å². The van der Waals surface area contributed by atoms with Crippen molar-refractivity contribution in [1.29, 1.82) is 0 Å². The predicted molar refractivity (Wildman–Crippen MR) is 78.3 cm³/mol. The fourth-order valence-corrected chi connectivity index (χ4v) is 2.64. The molecule has 0 N–H and O–H groups in total. The van der Waals surface area contributed by atoms with Crippen molar-refractivity contribution in [3.63, 3.8) is 0 Å². The molecule has 0 nitrogen and oxygen atoms in total. The Hall–Kier alpha value is -2.41. The third kappa shape index (κ3) is 1.52. The van der Waals surface area contributed by atoms with Crippen LogP contribution in [0.3, 0.4) is 0 Å². The Balaban J connectivity index is 2.01. The summed E-state index contributed by atoms with van der Waals surface area (Å²) in [5.74, 6) is -0.164. The predicted octanol–water partition coefficient (Wildman–Crippen LogP) is 5.13. The summed E-state index contributed by atoms with van der Waals surface area (Å²) in [6, 6.07) is 17.4. The van der Waals surface area contributed by atoms with Crippen molar-refractivity contribution in [2.24, 2.45) is 0 Å². The minimum absolute atomic E-state index is 0.164. The van der Waals surface area contributed by atoms with Crippen LogP contribution in [0.1, 0.15) is 11.1 Å². The molecule has 0 saturated carbocycles. The minimum atomic E-state index is -0.164. The SMILES string of the molecule is Fc1ccc(-c2ccc3c(c2)C=C3)c2ccccc12. The molecule has 0 atom stereocenters. The lowest BCUT2D eigenvalue weighted by atomic mass is 9.91. The summed E-state index contributed by atoms with van der Waals surface area (Å²) in [4.78, 5) is 0. The average Bonchev–Trinajstić information content (AvgIpc) is 2.42. The molecular formula is C18H11F. The summed E-state index contributed by atoms with van der Waals surface area (Å²) in [5.41, 5.74) is 4.75. The van der Waals surface area contributed by atoms with E-state index in [0.29, 0.717) is 5.39 Å². The van der Waals surface area contributed by atoms with E-state index in [1.807, 2.05) is 30.3 Å². The molecule has 19 heavy (non-hydrogen) atoms. The van der Waals surface area contributed by atoms with E-state index in [2.05, 4.69) is 30.4 Å². The van der Waals surface area contributed by atoms with Gasteiger partial charge in [-0.1, -0.05) is 54.6 Å². The zero-order valence-electron chi connectivity index (χ0n) is 10.2. The molecule has 0 radical (unpaired) electrons. The summed E-state index contributed by atoms with van der Waals surface area (Å²) in [6.07, 6.45) is 4.20. The molecule has 1 heteroatoms. The Morgan fingerprint density at radius 2 is 1.47 bits per heavy atom. The highest BCUT2D eigenvalue weighted by molar-refractivity contribution is 5.98. The van der Waals surface area contributed by atoms with E-state index < -0.39 is 0 Å². The molecule has 0 aliphatic heterocycles. The number of hydrogen-bond acceptors (Lipinski definition) is 0. The molecule has 3 aromatic rings. The Morgan fingerprint density at radius 3 is 2.21 bits per heavy atom. The molecule has 1 aliphatic rings. The standard InChI is InChI=1S/C18H11F/c19-18-10-9-15(16-3-1-2-4-17(16)18)14-8-6-12-5-7-13(12)11-14/h1-11H. The monoisotopic (exact) mass is 246 g/mol. The molecule has 0 heterocycles. The third-order valence-corrected chi connectivity index (χ3v) is 3.71. The molecule has 1 aliphatic carbocycles. The highest BCUT2D eigenvalue weighted by Gasteiger charge is 2.10. The summed E-state index contributed by atoms with van der Waals surface area (Å²) in [6.45, 7) is 0. The molecule has 0 amide bonds. The van der Waals surface area contributed by atoms with Crippen molar-refractivity contribution >= 4 is 22.9 Å². The van der Waals surface area contributed by atoms with Gasteiger partial charge in [-0.15, -0.1) is 0 Å². The summed E-state index contributed by atoms with van der Waals surface area (Å²) in [5, 5.41) is 1.64. The van der Waals surface area contributed by atoms with Crippen LogP contribution in [0.2, 0.25) is 0 Å². The highest BCUT2D eigenvalue weighted by atomic mass is 19.1. The average molecular weight is 246 g/mol. The molecule has 0 aromatic heterocycles. The number of hydrogen-bond donors (Lipinski definition) is 0. The van der Waals surface area contributed by atoms with Gasteiger partial charge in [0, 0.05) is 5.39 Å². The molecule has 0 saturated heterocycles. The summed E-state index contributed by atoms with van der Waals surface area (Å²) in [7, 11) is 0. The number of fused-ring (bicyclic) bond motifs is 2. The third-order valence-electron chi connectivity index (χ3n) is 3.71. The molecule has 4 rings (SSSR count). The Bertz CT molecular complexity index is 828. The van der Waals surface area contributed by atoms with Crippen LogP contribution >= 0.6 is 0 Å². The second kappa shape index (κ2) is 3.79. The fourth-order valence-electron chi connectivity index (χ4n) is 2.64. The van der Waals surface area contributed by atoms with Gasteiger partial charge in [0.1, 0.15) is 5.82 Å². The van der Waals surface area contributed by atoms with Gasteiger partial charge in [0.05, 0.1) is 0 Å². The number of halogens is 1. The Morgan fingerprint density at radius 1 is 0.684 bits per heavy atom. The van der Waals surface area contributed by atoms with E-state index in [4.69, 9.17) is 0 Å². The smallest absolute Gasteiger partial charge is 0.131 e. The van der Waals surface area contributed by atoms with Gasteiger partial charge in [0.2, 0.25) is 0 Å². The van der Waals surface area contributed by atoms with E-state index >= 15 is 0 Å². The summed E-state index contributed by atoms with van der Waals surface area (Å²) < 4.78 is 13.8. The highest BCUT2D eigenvalue weighted by Crippen LogP contribution is 2.33. The first-order valence-corrected chi connectivity index (χ1v) is 6.33. The van der Waals surface area contributed by atoms with E-state index in [9.17, 15) is 4.39 Å². The van der Waals surface area contributed by atoms with Crippen molar-refractivity contribution in [1.82, 2.24) is 0 Å². The Labute approximate surface area is 110 Å². The first kappa shape index (κ1) is 10.5. The zero-order valence-corrected chi connectivity index (χ0v) is 10.2. The molecule has 0 spiro atoms. The maximum Gasteiger partial charge on any atom is 0.131 e. The lowest BCUT2D eigenvalue weighted by Crippen LogP contribution is -1.91. The van der Waals surface area contributed by atoms with Crippen LogP contribution in [-0.2, 0) is 0 Å². The van der Waals surface area contributed by atoms with Crippen LogP contribution in [0.4, 0.5) is 4.39 Å². The molecular weight excluding hydrogens is 235 g/mol. The Kier molecular flexibility index (Phi) is 2.10. The van der Waals surface area contributed by atoms with Crippen LogP contribution in [-0.4, -0.2) is 0 Å². The maximum absolute atomic E-state index is 13.8. The van der Waals surface area contributed by atoms with Gasteiger partial charge < -0.3 is 0 Å². The van der Waals surface area contributed by atoms with E-state index in [0.717, 1.165) is 16.5 Å². The quantitative estimate of drug-likeness (QED) is 0.436. The molecule has 0 bridgehead atoms. The van der Waals surface area contributed by atoms with Crippen LogP contribution in [0.15, 0.2) is 54.6 Å². The lowest BCUT2D eigenvalue weighted by molar-refractivity contribution is 0.640. The van der Waals surface area contributed by atoms with Gasteiger partial charge in [0.25, 0.3) is 0 Å². The minimum Gasteiger partial charge on any atom is -0.206 e. The van der Waals surface area contributed by atoms with Gasteiger partial charge in [0.15, 0.2) is 0 Å². The van der Waals surface area contributed by atoms with Crippen molar-refractivity contribution in [2.75, 3.05) is 0 Å². The van der Waals surface area contributed by atoms with Crippen molar-refractivity contribution in [3.8, 4) is 11.1 Å². The van der Waals surface area contributed by atoms with Gasteiger partial charge in [-0.3, -0.25) is 0 Å². The van der Waals surface area contributed by atoms with Gasteiger partial charge in [-0.25, -0.2) is 4.39 Å². The second-order valence-corrected chi connectivity index (χ2v) is 4.82. The maximum atomic E-state index is 13.8.